The van der Waals surface area contributed by atoms with Crippen molar-refractivity contribution in [2.75, 3.05) is 0 Å². The number of benzene rings is 1. The van der Waals surface area contributed by atoms with E-state index < -0.39 is 21.5 Å². The third kappa shape index (κ3) is 4.02. The van der Waals surface area contributed by atoms with E-state index in [9.17, 15) is 4.39 Å². The van der Waals surface area contributed by atoms with Gasteiger partial charge >= 0.3 is 6.01 Å². The predicted octanol–water partition coefficient (Wildman–Crippen LogP) is 0.605. The standard InChI is InChI=1S/C11H3B7BrClFN3O/c12-9(10(13,14)15,11(16,17)18)24-8(22-7(19)23-24)25-6-2-4(20)1-5(21)3-6/h1-3H. The second-order valence-electron chi connectivity index (χ2n) is 5.41. The molecule has 4 nitrogen and oxygen atoms in total. The van der Waals surface area contributed by atoms with Gasteiger partial charge in [0.05, 0.1) is 47.1 Å². The van der Waals surface area contributed by atoms with Gasteiger partial charge in [0, 0.05) is 11.1 Å². The van der Waals surface area contributed by atoms with Gasteiger partial charge in [-0.2, -0.15) is 4.98 Å². The Hall–Kier alpha value is -0.685. The molecule has 1 aromatic carbocycles. The average molecular weight is 403 g/mol. The van der Waals surface area contributed by atoms with Gasteiger partial charge in [0.15, 0.2) is 0 Å². The minimum atomic E-state index is -2.27. The zero-order chi connectivity index (χ0) is 19.2. The largest absolute Gasteiger partial charge is 0.424 e. The molecule has 25 heavy (non-hydrogen) atoms. The molecule has 0 fully saturated rings. The number of hydrogen-bond acceptors (Lipinski definition) is 3. The van der Waals surface area contributed by atoms with Crippen LogP contribution in [0.1, 0.15) is 0 Å². The van der Waals surface area contributed by atoms with Crippen molar-refractivity contribution in [2.24, 2.45) is 0 Å². The molecule has 1 heterocycles. The molecule has 0 amide bonds. The van der Waals surface area contributed by atoms with Crippen LogP contribution in [-0.4, -0.2) is 69.7 Å². The highest BCUT2D eigenvalue weighted by Crippen LogP contribution is 2.48. The van der Waals surface area contributed by atoms with Gasteiger partial charge in [-0.25, -0.2) is 9.07 Å². The molecule has 2 rings (SSSR count). The summed E-state index contributed by atoms with van der Waals surface area (Å²) in [6.07, 6.45) is 0. The molecule has 0 bridgehead atoms. The van der Waals surface area contributed by atoms with Crippen molar-refractivity contribution in [3.8, 4) is 11.8 Å². The molecule has 0 saturated carbocycles. The van der Waals surface area contributed by atoms with E-state index in [0.717, 1.165) is 16.8 Å². The molecule has 2 aromatic rings. The summed E-state index contributed by atoms with van der Waals surface area (Å²) in [6.45, 7) is 0. The van der Waals surface area contributed by atoms with Crippen LogP contribution >= 0.6 is 27.5 Å². The van der Waals surface area contributed by atoms with E-state index in [2.05, 4.69) is 26.0 Å². The first-order chi connectivity index (χ1) is 11.3. The fraction of sp³-hybridized carbons (Fsp3) is 0.273. The van der Waals surface area contributed by atoms with E-state index in [1.807, 2.05) is 0 Å². The number of nitrogens with zero attached hydrogens (tertiary/aromatic N) is 3. The van der Waals surface area contributed by atoms with Gasteiger partial charge in [0.25, 0.3) is 0 Å². The maximum absolute atomic E-state index is 13.5. The lowest BCUT2D eigenvalue weighted by molar-refractivity contribution is 0.317. The summed E-state index contributed by atoms with van der Waals surface area (Å²) < 4.78 is 19.7. The summed E-state index contributed by atoms with van der Waals surface area (Å²) in [6, 6.07) is 3.11. The Balaban J connectivity index is 2.60. The number of ether oxygens (including phenoxy) is 1. The lowest BCUT2D eigenvalue weighted by atomic mass is 9.18. The topological polar surface area (TPSA) is 39.9 Å². The Morgan fingerprint density at radius 3 is 2.08 bits per heavy atom. The first kappa shape index (κ1) is 20.6. The Morgan fingerprint density at radius 1 is 1.04 bits per heavy atom. The maximum Gasteiger partial charge on any atom is 0.321 e. The SMILES string of the molecule is [B]C([B])([B])C([B])(n1nc(Br)nc1Oc1cc(F)cc(Cl)c1)C([B])([B])[B]. The van der Waals surface area contributed by atoms with Crippen LogP contribution < -0.4 is 4.74 Å². The van der Waals surface area contributed by atoms with Gasteiger partial charge in [0.1, 0.15) is 19.4 Å². The van der Waals surface area contributed by atoms with Crippen LogP contribution in [0.3, 0.4) is 0 Å². The molecule has 0 aliphatic carbocycles. The van der Waals surface area contributed by atoms with Crippen LogP contribution in [0.25, 0.3) is 0 Å². The van der Waals surface area contributed by atoms with Gasteiger partial charge in [-0.1, -0.05) is 11.6 Å². The quantitative estimate of drug-likeness (QED) is 0.687. The maximum atomic E-state index is 13.5. The number of halogens is 3. The van der Waals surface area contributed by atoms with Crippen molar-refractivity contribution in [2.45, 2.75) is 15.7 Å². The summed E-state index contributed by atoms with van der Waals surface area (Å²) in [5.74, 6) is -0.676. The molecule has 0 spiro atoms. The summed E-state index contributed by atoms with van der Waals surface area (Å²) in [4.78, 5) is 3.93. The van der Waals surface area contributed by atoms with Gasteiger partial charge in [-0.15, -0.1) is 15.3 Å². The molecule has 14 radical (unpaired) electrons. The van der Waals surface area contributed by atoms with Crippen LogP contribution in [0.15, 0.2) is 22.9 Å². The molecule has 0 atom stereocenters. The lowest BCUT2D eigenvalue weighted by Crippen LogP contribution is -2.57. The normalized spacial score (nSPS) is 12.9. The smallest absolute Gasteiger partial charge is 0.321 e. The average Bonchev–Trinajstić information content (AvgIpc) is 2.74. The molecule has 0 N–H and O–H groups in total. The minimum Gasteiger partial charge on any atom is -0.424 e. The van der Waals surface area contributed by atoms with Crippen LogP contribution in [0, 0.1) is 5.82 Å². The Labute approximate surface area is 167 Å². The fourth-order valence-electron chi connectivity index (χ4n) is 2.00. The van der Waals surface area contributed by atoms with E-state index in [1.165, 1.54) is 6.07 Å². The van der Waals surface area contributed by atoms with E-state index in [4.69, 9.17) is 71.3 Å². The summed E-state index contributed by atoms with van der Waals surface area (Å²) in [7, 11) is 40.3. The highest BCUT2D eigenvalue weighted by molar-refractivity contribution is 9.10. The fourth-order valence-corrected chi connectivity index (χ4v) is 2.53. The molecule has 110 valence electrons. The van der Waals surface area contributed by atoms with E-state index in [-0.39, 0.29) is 21.5 Å². The summed E-state index contributed by atoms with van der Waals surface area (Å²) >= 11 is 8.81. The van der Waals surface area contributed by atoms with Crippen molar-refractivity contribution in [3.63, 3.8) is 0 Å². The van der Waals surface area contributed by atoms with Crippen molar-refractivity contribution in [1.82, 2.24) is 14.8 Å². The predicted molar refractivity (Wildman–Crippen MR) is 103 cm³/mol. The van der Waals surface area contributed by atoms with Crippen LogP contribution in [-0.2, 0) is 5.44 Å². The van der Waals surface area contributed by atoms with E-state index in [0.29, 0.717) is 0 Å². The number of hydrogen-bond donors (Lipinski definition) is 0. The van der Waals surface area contributed by atoms with Gasteiger partial charge in [-0.3, -0.25) is 0 Å². The molecule has 0 aliphatic rings. The highest BCUT2D eigenvalue weighted by Gasteiger charge is 2.47. The van der Waals surface area contributed by atoms with E-state index >= 15 is 0 Å². The summed E-state index contributed by atoms with van der Waals surface area (Å²) in [5, 5.41) is -0.506. The third-order valence-electron chi connectivity index (χ3n) is 3.25. The number of rotatable bonds is 5. The van der Waals surface area contributed by atoms with Crippen LogP contribution in [0.4, 0.5) is 4.39 Å². The molecular weight excluding hydrogens is 400 g/mol. The van der Waals surface area contributed by atoms with Crippen LogP contribution in [0.2, 0.25) is 15.2 Å². The molecule has 14 heteroatoms. The number of aromatic nitrogens is 3. The van der Waals surface area contributed by atoms with Gasteiger partial charge in [0.2, 0.25) is 4.73 Å². The molecule has 0 saturated heterocycles. The van der Waals surface area contributed by atoms with Gasteiger partial charge < -0.3 is 4.74 Å². The highest BCUT2D eigenvalue weighted by atomic mass is 79.9. The Bertz CT molecular complexity index is 761. The first-order valence-corrected chi connectivity index (χ1v) is 7.72. The summed E-state index contributed by atoms with van der Waals surface area (Å²) in [5.41, 5.74) is -2.27. The van der Waals surface area contributed by atoms with Crippen molar-refractivity contribution in [1.29, 1.82) is 0 Å². The Kier molecular flexibility index (Phi) is 5.61. The molecular formula is C11H3B7BrClFN3O. The molecule has 1 aromatic heterocycles. The lowest BCUT2D eigenvalue weighted by Gasteiger charge is -2.54. The van der Waals surface area contributed by atoms with Crippen molar-refractivity contribution >= 4 is 82.5 Å². The third-order valence-corrected chi connectivity index (χ3v) is 3.81. The van der Waals surface area contributed by atoms with E-state index in [1.54, 1.807) is 0 Å². The molecule has 0 unspecified atom stereocenters. The second-order valence-corrected chi connectivity index (χ2v) is 6.56. The minimum absolute atomic E-state index is 0.00618. The zero-order valence-electron chi connectivity index (χ0n) is 12.7. The molecule has 0 aliphatic heterocycles. The monoisotopic (exact) mass is 403 g/mol. The van der Waals surface area contributed by atoms with Crippen molar-refractivity contribution in [3.05, 3.63) is 33.8 Å². The van der Waals surface area contributed by atoms with Crippen molar-refractivity contribution < 1.29 is 9.13 Å². The first-order valence-electron chi connectivity index (χ1n) is 6.55. The van der Waals surface area contributed by atoms with Gasteiger partial charge in [-0.05, 0) is 33.5 Å². The zero-order valence-corrected chi connectivity index (χ0v) is 15.0. The van der Waals surface area contributed by atoms with Crippen LogP contribution in [0.5, 0.6) is 11.8 Å². The Morgan fingerprint density at radius 2 is 1.60 bits per heavy atom. The second kappa shape index (κ2) is 6.80.